The van der Waals surface area contributed by atoms with E-state index in [9.17, 15) is 9.90 Å². The predicted octanol–water partition coefficient (Wildman–Crippen LogP) is 1.72. The van der Waals surface area contributed by atoms with E-state index in [-0.39, 0.29) is 5.91 Å². The van der Waals surface area contributed by atoms with Gasteiger partial charge in [-0.25, -0.2) is 4.98 Å². The van der Waals surface area contributed by atoms with E-state index in [2.05, 4.69) is 4.98 Å². The normalized spacial score (nSPS) is 12.7. The molecule has 0 saturated heterocycles. The molecule has 0 radical (unpaired) electrons. The number of aryl methyl sites for hydroxylation is 2. The lowest BCUT2D eigenvalue weighted by molar-refractivity contribution is 0.0769. The van der Waals surface area contributed by atoms with E-state index in [1.807, 2.05) is 36.7 Å². The minimum Gasteiger partial charge on any atom is -0.393 e. The molecule has 0 aliphatic carbocycles. The number of aliphatic hydroxyl groups is 1. The molecule has 2 aromatic rings. The Labute approximate surface area is 118 Å². The Balaban J connectivity index is 2.22. The molecule has 1 atom stereocenters. The van der Waals surface area contributed by atoms with Crippen LogP contribution in [-0.2, 0) is 7.05 Å². The van der Waals surface area contributed by atoms with Crippen LogP contribution in [0, 0.1) is 6.92 Å². The van der Waals surface area contributed by atoms with Gasteiger partial charge in [-0.15, -0.1) is 0 Å². The number of carbonyl (C=O) groups is 1. The zero-order valence-corrected chi connectivity index (χ0v) is 12.4. The Hall–Kier alpha value is -1.88. The van der Waals surface area contributed by atoms with Crippen LogP contribution >= 0.6 is 0 Å². The zero-order valence-electron chi connectivity index (χ0n) is 12.4. The topological polar surface area (TPSA) is 58.4 Å². The second-order valence-corrected chi connectivity index (χ2v) is 5.29. The molecule has 1 N–H and O–H groups in total. The highest BCUT2D eigenvalue weighted by Gasteiger charge is 2.14. The fourth-order valence-corrected chi connectivity index (χ4v) is 2.16. The summed E-state index contributed by atoms with van der Waals surface area (Å²) in [6.07, 6.45) is 0.180. The maximum absolute atomic E-state index is 12.3. The standard InChI is InChI=1S/C15H21N3O2/c1-10(19)7-8-17(3)15(20)12-5-6-14-13(9-12)16-11(2)18(14)4/h5-6,9-10,19H,7-8H2,1-4H3. The van der Waals surface area contributed by atoms with Crippen molar-refractivity contribution in [3.63, 3.8) is 0 Å². The average molecular weight is 275 g/mol. The molecule has 0 fully saturated rings. The molecule has 0 aliphatic heterocycles. The first kappa shape index (κ1) is 14.5. The van der Waals surface area contributed by atoms with Gasteiger partial charge in [-0.05, 0) is 38.5 Å². The van der Waals surface area contributed by atoms with Crippen molar-refractivity contribution in [2.75, 3.05) is 13.6 Å². The molecule has 20 heavy (non-hydrogen) atoms. The van der Waals surface area contributed by atoms with Gasteiger partial charge in [-0.1, -0.05) is 0 Å². The van der Waals surface area contributed by atoms with Crippen LogP contribution in [0.2, 0.25) is 0 Å². The molecular formula is C15H21N3O2. The number of hydrogen-bond donors (Lipinski definition) is 1. The maximum atomic E-state index is 12.3. The molecule has 2 rings (SSSR count). The van der Waals surface area contributed by atoms with Crippen LogP contribution in [0.25, 0.3) is 11.0 Å². The SMILES string of the molecule is Cc1nc2cc(C(=O)N(C)CCC(C)O)ccc2n1C. The lowest BCUT2D eigenvalue weighted by atomic mass is 10.1. The third kappa shape index (κ3) is 2.82. The molecule has 108 valence electrons. The van der Waals surface area contributed by atoms with Crippen LogP contribution in [0.4, 0.5) is 0 Å². The van der Waals surface area contributed by atoms with Gasteiger partial charge in [0.25, 0.3) is 5.91 Å². The number of benzene rings is 1. The third-order valence-corrected chi connectivity index (χ3v) is 3.58. The number of nitrogens with zero attached hydrogens (tertiary/aromatic N) is 3. The highest BCUT2D eigenvalue weighted by molar-refractivity contribution is 5.97. The molecule has 0 saturated carbocycles. The maximum Gasteiger partial charge on any atom is 0.253 e. The molecule has 0 bridgehead atoms. The monoisotopic (exact) mass is 275 g/mol. The fraction of sp³-hybridized carbons (Fsp3) is 0.467. The van der Waals surface area contributed by atoms with Crippen molar-refractivity contribution >= 4 is 16.9 Å². The molecule has 0 aliphatic rings. The quantitative estimate of drug-likeness (QED) is 0.924. The van der Waals surface area contributed by atoms with Crippen molar-refractivity contribution in [1.82, 2.24) is 14.5 Å². The van der Waals surface area contributed by atoms with Crippen molar-refractivity contribution < 1.29 is 9.90 Å². The van der Waals surface area contributed by atoms with Crippen LogP contribution in [0.15, 0.2) is 18.2 Å². The summed E-state index contributed by atoms with van der Waals surface area (Å²) < 4.78 is 2.00. The van der Waals surface area contributed by atoms with Crippen LogP contribution in [0.3, 0.4) is 0 Å². The van der Waals surface area contributed by atoms with E-state index in [0.29, 0.717) is 18.5 Å². The summed E-state index contributed by atoms with van der Waals surface area (Å²) in [5, 5.41) is 9.28. The van der Waals surface area contributed by atoms with Crippen molar-refractivity contribution in [1.29, 1.82) is 0 Å². The minimum atomic E-state index is -0.397. The molecule has 5 heteroatoms. The van der Waals surface area contributed by atoms with Gasteiger partial charge in [0.1, 0.15) is 5.82 Å². The van der Waals surface area contributed by atoms with Gasteiger partial charge in [-0.3, -0.25) is 4.79 Å². The summed E-state index contributed by atoms with van der Waals surface area (Å²) in [5.41, 5.74) is 2.48. The zero-order chi connectivity index (χ0) is 14.9. The van der Waals surface area contributed by atoms with Crippen molar-refractivity contribution in [2.45, 2.75) is 26.4 Å². The Bertz CT molecular complexity index is 631. The second-order valence-electron chi connectivity index (χ2n) is 5.29. The summed E-state index contributed by atoms with van der Waals surface area (Å²) in [6.45, 7) is 4.20. The first-order chi connectivity index (χ1) is 9.40. The van der Waals surface area contributed by atoms with Gasteiger partial charge < -0.3 is 14.6 Å². The lowest BCUT2D eigenvalue weighted by Crippen LogP contribution is -2.29. The average Bonchev–Trinajstić information content (AvgIpc) is 2.70. The van der Waals surface area contributed by atoms with Gasteiger partial charge in [0.05, 0.1) is 17.1 Å². The Morgan fingerprint density at radius 1 is 1.50 bits per heavy atom. The Morgan fingerprint density at radius 2 is 2.20 bits per heavy atom. The molecule has 1 unspecified atom stereocenters. The Morgan fingerprint density at radius 3 is 2.85 bits per heavy atom. The number of aromatic nitrogens is 2. The van der Waals surface area contributed by atoms with E-state index < -0.39 is 6.10 Å². The van der Waals surface area contributed by atoms with E-state index in [0.717, 1.165) is 16.9 Å². The highest BCUT2D eigenvalue weighted by atomic mass is 16.3. The summed E-state index contributed by atoms with van der Waals surface area (Å²) in [6, 6.07) is 5.57. The molecule has 1 aromatic carbocycles. The lowest BCUT2D eigenvalue weighted by Gasteiger charge is -2.18. The number of aliphatic hydroxyl groups excluding tert-OH is 1. The van der Waals surface area contributed by atoms with E-state index in [1.165, 1.54) is 0 Å². The first-order valence-electron chi connectivity index (χ1n) is 6.76. The smallest absolute Gasteiger partial charge is 0.253 e. The summed E-state index contributed by atoms with van der Waals surface area (Å²) in [4.78, 5) is 18.4. The van der Waals surface area contributed by atoms with Crippen LogP contribution in [0.1, 0.15) is 29.5 Å². The number of fused-ring (bicyclic) bond motifs is 1. The molecule has 1 aromatic heterocycles. The van der Waals surface area contributed by atoms with E-state index >= 15 is 0 Å². The van der Waals surface area contributed by atoms with Crippen LogP contribution in [-0.4, -0.2) is 45.2 Å². The van der Waals surface area contributed by atoms with Crippen molar-refractivity contribution in [2.24, 2.45) is 7.05 Å². The third-order valence-electron chi connectivity index (χ3n) is 3.58. The number of hydrogen-bond acceptors (Lipinski definition) is 3. The van der Waals surface area contributed by atoms with E-state index in [1.54, 1.807) is 18.9 Å². The molecule has 1 amide bonds. The van der Waals surface area contributed by atoms with Crippen LogP contribution < -0.4 is 0 Å². The molecule has 5 nitrogen and oxygen atoms in total. The van der Waals surface area contributed by atoms with Gasteiger partial charge in [0.2, 0.25) is 0 Å². The van der Waals surface area contributed by atoms with Crippen molar-refractivity contribution in [3.05, 3.63) is 29.6 Å². The summed E-state index contributed by atoms with van der Waals surface area (Å²) >= 11 is 0. The largest absolute Gasteiger partial charge is 0.393 e. The van der Waals surface area contributed by atoms with Crippen molar-refractivity contribution in [3.8, 4) is 0 Å². The number of amides is 1. The van der Waals surface area contributed by atoms with Gasteiger partial charge in [-0.2, -0.15) is 0 Å². The summed E-state index contributed by atoms with van der Waals surface area (Å²) in [5.74, 6) is 0.878. The predicted molar refractivity (Wildman–Crippen MR) is 78.7 cm³/mol. The fourth-order valence-electron chi connectivity index (χ4n) is 2.16. The van der Waals surface area contributed by atoms with Gasteiger partial charge in [0.15, 0.2) is 0 Å². The molecular weight excluding hydrogens is 254 g/mol. The number of rotatable bonds is 4. The second kappa shape index (κ2) is 5.63. The molecule has 1 heterocycles. The highest BCUT2D eigenvalue weighted by Crippen LogP contribution is 2.17. The van der Waals surface area contributed by atoms with Crippen LogP contribution in [0.5, 0.6) is 0 Å². The van der Waals surface area contributed by atoms with E-state index in [4.69, 9.17) is 0 Å². The first-order valence-corrected chi connectivity index (χ1v) is 6.76. The molecule has 0 spiro atoms. The van der Waals surface area contributed by atoms with Gasteiger partial charge in [0, 0.05) is 26.2 Å². The number of carbonyl (C=O) groups excluding carboxylic acids is 1. The number of imidazole rings is 1. The van der Waals surface area contributed by atoms with Gasteiger partial charge >= 0.3 is 0 Å². The Kier molecular flexibility index (Phi) is 4.09. The summed E-state index contributed by atoms with van der Waals surface area (Å²) in [7, 11) is 3.71. The minimum absolute atomic E-state index is 0.0455.